The molecule has 1 aromatic heterocycles. The molecule has 0 aromatic carbocycles. The zero-order chi connectivity index (χ0) is 8.27. The molecule has 0 radical (unpaired) electrons. The molecule has 2 N–H and O–H groups in total. The van der Waals surface area contributed by atoms with E-state index in [-0.39, 0.29) is 12.3 Å². The maximum atomic E-state index is 10.9. The van der Waals surface area contributed by atoms with E-state index in [1.165, 1.54) is 12.4 Å². The molecule has 11 heavy (non-hydrogen) atoms. The number of aryl methyl sites for hydroxylation is 1. The normalized spacial score (nSPS) is 9.64. The third-order valence-electron chi connectivity index (χ3n) is 1.29. The Hall–Kier alpha value is -1.29. The highest BCUT2D eigenvalue weighted by Gasteiger charge is 2.02. The van der Waals surface area contributed by atoms with Crippen LogP contribution in [0, 0.1) is 6.92 Å². The van der Waals surface area contributed by atoms with E-state index >= 15 is 0 Å². The average molecular weight is 151 g/mol. The van der Waals surface area contributed by atoms with E-state index in [1.807, 2.05) is 0 Å². The number of Topliss-reactive ketones (excluding diaryl/α,β-unsaturated/α-hetero) is 1. The van der Waals surface area contributed by atoms with Gasteiger partial charge in [0.25, 0.3) is 0 Å². The van der Waals surface area contributed by atoms with Crippen LogP contribution in [0.25, 0.3) is 0 Å². The number of carbonyl (C=O) groups excluding carboxylic acids is 1. The molecule has 0 fully saturated rings. The summed E-state index contributed by atoms with van der Waals surface area (Å²) in [4.78, 5) is 18.6. The van der Waals surface area contributed by atoms with Gasteiger partial charge in [0.1, 0.15) is 5.82 Å². The second kappa shape index (κ2) is 3.21. The molecular weight excluding hydrogens is 142 g/mol. The number of nitrogens with zero attached hydrogens (tertiary/aromatic N) is 2. The molecular formula is C7H9N3O. The quantitative estimate of drug-likeness (QED) is 0.600. The van der Waals surface area contributed by atoms with Crippen LogP contribution in [0.4, 0.5) is 0 Å². The average Bonchev–Trinajstić information content (AvgIpc) is 2.05. The number of carbonyl (C=O) groups is 1. The number of hydrogen-bond donors (Lipinski definition) is 1. The summed E-state index contributed by atoms with van der Waals surface area (Å²) in [5.41, 5.74) is 5.61. The second-order valence-corrected chi connectivity index (χ2v) is 2.15. The minimum Gasteiger partial charge on any atom is -0.324 e. The lowest BCUT2D eigenvalue weighted by Crippen LogP contribution is -2.14. The summed E-state index contributed by atoms with van der Waals surface area (Å²) in [6, 6.07) is 0. The third kappa shape index (κ3) is 1.81. The Morgan fingerprint density at radius 3 is 2.55 bits per heavy atom. The highest BCUT2D eigenvalue weighted by Crippen LogP contribution is 1.95. The topological polar surface area (TPSA) is 68.9 Å². The molecule has 0 saturated carbocycles. The van der Waals surface area contributed by atoms with Crippen molar-refractivity contribution in [3.63, 3.8) is 0 Å². The van der Waals surface area contributed by atoms with Crippen molar-refractivity contribution < 1.29 is 4.79 Å². The molecule has 1 heterocycles. The van der Waals surface area contributed by atoms with Gasteiger partial charge in [-0.2, -0.15) is 0 Å². The van der Waals surface area contributed by atoms with Crippen molar-refractivity contribution in [2.75, 3.05) is 6.54 Å². The highest BCUT2D eigenvalue weighted by molar-refractivity contribution is 5.96. The second-order valence-electron chi connectivity index (χ2n) is 2.15. The smallest absolute Gasteiger partial charge is 0.179 e. The van der Waals surface area contributed by atoms with E-state index in [0.29, 0.717) is 11.4 Å². The van der Waals surface area contributed by atoms with E-state index < -0.39 is 0 Å². The van der Waals surface area contributed by atoms with Gasteiger partial charge in [-0.1, -0.05) is 0 Å². The minimum atomic E-state index is -0.134. The molecule has 4 nitrogen and oxygen atoms in total. The summed E-state index contributed by atoms with van der Waals surface area (Å²) < 4.78 is 0. The Balaban J connectivity index is 2.90. The van der Waals surface area contributed by atoms with Crippen LogP contribution in [0.2, 0.25) is 0 Å². The molecule has 58 valence electrons. The van der Waals surface area contributed by atoms with E-state index in [9.17, 15) is 4.79 Å². The van der Waals surface area contributed by atoms with Crippen LogP contribution in [0.3, 0.4) is 0 Å². The molecule has 0 amide bonds. The fourth-order valence-corrected chi connectivity index (χ4v) is 0.654. The van der Waals surface area contributed by atoms with Crippen LogP contribution >= 0.6 is 0 Å². The van der Waals surface area contributed by atoms with Crippen LogP contribution in [0.1, 0.15) is 16.2 Å². The highest BCUT2D eigenvalue weighted by atomic mass is 16.1. The summed E-state index contributed by atoms with van der Waals surface area (Å²) in [6.45, 7) is 1.77. The van der Waals surface area contributed by atoms with Crippen molar-refractivity contribution >= 4 is 5.78 Å². The zero-order valence-corrected chi connectivity index (χ0v) is 6.24. The van der Waals surface area contributed by atoms with Crippen LogP contribution < -0.4 is 5.73 Å². The first-order valence-electron chi connectivity index (χ1n) is 3.26. The lowest BCUT2D eigenvalue weighted by atomic mass is 10.2. The summed E-state index contributed by atoms with van der Waals surface area (Å²) in [5.74, 6) is 0.517. The monoisotopic (exact) mass is 151 g/mol. The van der Waals surface area contributed by atoms with Gasteiger partial charge in [-0.3, -0.25) is 4.79 Å². The number of aromatic nitrogens is 2. The predicted octanol–water partition coefficient (Wildman–Crippen LogP) is -0.0736. The fraction of sp³-hybridized carbons (Fsp3) is 0.286. The SMILES string of the molecule is Cc1ncc(C(=O)CN)cn1. The summed E-state index contributed by atoms with van der Waals surface area (Å²) in [7, 11) is 0. The van der Waals surface area contributed by atoms with E-state index in [2.05, 4.69) is 9.97 Å². The van der Waals surface area contributed by atoms with Crippen LogP contribution in [-0.4, -0.2) is 22.3 Å². The Morgan fingerprint density at radius 2 is 2.09 bits per heavy atom. The first-order valence-corrected chi connectivity index (χ1v) is 3.26. The molecule has 0 aliphatic heterocycles. The standard InChI is InChI=1S/C7H9N3O/c1-5-9-3-6(4-10-5)7(11)2-8/h3-4H,2,8H2,1H3. The molecule has 4 heteroatoms. The zero-order valence-electron chi connectivity index (χ0n) is 6.24. The summed E-state index contributed by atoms with van der Waals surface area (Å²) in [6.07, 6.45) is 2.97. The number of hydrogen-bond acceptors (Lipinski definition) is 4. The van der Waals surface area contributed by atoms with Gasteiger partial charge in [0.15, 0.2) is 5.78 Å². The largest absolute Gasteiger partial charge is 0.324 e. The van der Waals surface area contributed by atoms with Crippen molar-refractivity contribution in [2.45, 2.75) is 6.92 Å². The van der Waals surface area contributed by atoms with Gasteiger partial charge < -0.3 is 5.73 Å². The maximum Gasteiger partial charge on any atom is 0.179 e. The van der Waals surface area contributed by atoms with Crippen LogP contribution in [0.15, 0.2) is 12.4 Å². The summed E-state index contributed by atoms with van der Waals surface area (Å²) in [5, 5.41) is 0. The molecule has 0 bridgehead atoms. The van der Waals surface area contributed by atoms with Crippen molar-refractivity contribution in [3.05, 3.63) is 23.8 Å². The van der Waals surface area contributed by atoms with Crippen LogP contribution in [-0.2, 0) is 0 Å². The van der Waals surface area contributed by atoms with E-state index in [4.69, 9.17) is 5.73 Å². The molecule has 0 aliphatic carbocycles. The fourth-order valence-electron chi connectivity index (χ4n) is 0.654. The van der Waals surface area contributed by atoms with E-state index in [1.54, 1.807) is 6.92 Å². The minimum absolute atomic E-state index is 0.00637. The molecule has 0 saturated heterocycles. The molecule has 0 aliphatic rings. The number of rotatable bonds is 2. The van der Waals surface area contributed by atoms with Gasteiger partial charge in [-0.15, -0.1) is 0 Å². The Morgan fingerprint density at radius 1 is 1.55 bits per heavy atom. The van der Waals surface area contributed by atoms with Crippen LogP contribution in [0.5, 0.6) is 0 Å². The Bertz CT molecular complexity index is 255. The van der Waals surface area contributed by atoms with Gasteiger partial charge in [-0.25, -0.2) is 9.97 Å². The van der Waals surface area contributed by atoms with Gasteiger partial charge in [0.2, 0.25) is 0 Å². The molecule has 1 rings (SSSR count). The van der Waals surface area contributed by atoms with E-state index in [0.717, 1.165) is 0 Å². The van der Waals surface area contributed by atoms with Gasteiger partial charge in [-0.05, 0) is 6.92 Å². The Kier molecular flexibility index (Phi) is 2.28. The van der Waals surface area contributed by atoms with Gasteiger partial charge in [0, 0.05) is 12.4 Å². The predicted molar refractivity (Wildman–Crippen MR) is 40.2 cm³/mol. The lowest BCUT2D eigenvalue weighted by molar-refractivity contribution is 0.100. The molecule has 0 spiro atoms. The first-order chi connectivity index (χ1) is 5.24. The lowest BCUT2D eigenvalue weighted by Gasteiger charge is -1.95. The summed E-state index contributed by atoms with van der Waals surface area (Å²) >= 11 is 0. The van der Waals surface area contributed by atoms with Gasteiger partial charge >= 0.3 is 0 Å². The first kappa shape index (κ1) is 7.81. The number of nitrogens with two attached hydrogens (primary N) is 1. The maximum absolute atomic E-state index is 10.9. The Labute approximate surface area is 64.5 Å². The van der Waals surface area contributed by atoms with Crippen molar-refractivity contribution in [1.29, 1.82) is 0 Å². The molecule has 0 atom stereocenters. The third-order valence-corrected chi connectivity index (χ3v) is 1.29. The van der Waals surface area contributed by atoms with Crippen molar-refractivity contribution in [2.24, 2.45) is 5.73 Å². The van der Waals surface area contributed by atoms with Gasteiger partial charge in [0.05, 0.1) is 12.1 Å². The van der Waals surface area contributed by atoms with Crippen molar-refractivity contribution in [1.82, 2.24) is 9.97 Å². The molecule has 1 aromatic rings. The number of ketones is 1. The molecule has 0 unspecified atom stereocenters. The van der Waals surface area contributed by atoms with Crippen molar-refractivity contribution in [3.8, 4) is 0 Å².